The number of nitrogens with zero attached hydrogens (tertiary/aromatic N) is 1. The van der Waals surface area contributed by atoms with E-state index in [-0.39, 0.29) is 22.9 Å². The second-order valence-corrected chi connectivity index (χ2v) is 9.08. The number of hydrogen-bond acceptors (Lipinski definition) is 7. The van der Waals surface area contributed by atoms with E-state index in [9.17, 15) is 27.9 Å². The molecule has 8 nitrogen and oxygen atoms in total. The fourth-order valence-electron chi connectivity index (χ4n) is 2.37. The first-order valence-corrected chi connectivity index (χ1v) is 11.1. The number of nitro benzene ring substituents is 1. The second-order valence-electron chi connectivity index (χ2n) is 6.15. The van der Waals surface area contributed by atoms with Crippen molar-refractivity contribution in [1.29, 1.82) is 0 Å². The molecular formula is C17H16Cl2F3N2O6P. The molecule has 0 bridgehead atoms. The summed E-state index contributed by atoms with van der Waals surface area (Å²) in [7, 11) is -2.21. The largest absolute Gasteiger partial charge is 0.454 e. The lowest BCUT2D eigenvalue weighted by Gasteiger charge is -2.20. The summed E-state index contributed by atoms with van der Waals surface area (Å²) < 4.78 is 65.9. The monoisotopic (exact) mass is 502 g/mol. The van der Waals surface area contributed by atoms with E-state index in [4.69, 9.17) is 37.0 Å². The van der Waals surface area contributed by atoms with Gasteiger partial charge in [-0.05, 0) is 25.1 Å². The summed E-state index contributed by atoms with van der Waals surface area (Å²) in [5, 5.41) is 13.2. The number of ether oxygens (including phenoxy) is 1. The minimum atomic E-state index is -4.66. The van der Waals surface area contributed by atoms with Crippen molar-refractivity contribution in [2.75, 3.05) is 19.1 Å². The number of rotatable bonds is 8. The first kappa shape index (κ1) is 25.2. The topological polar surface area (TPSA) is 99.9 Å². The molecule has 2 rings (SSSR count). The molecule has 0 aliphatic carbocycles. The highest BCUT2D eigenvalue weighted by Crippen LogP contribution is 2.45. The lowest BCUT2D eigenvalue weighted by atomic mass is 10.2. The van der Waals surface area contributed by atoms with Gasteiger partial charge in [-0.25, -0.2) is 0 Å². The molecule has 0 fully saturated rings. The van der Waals surface area contributed by atoms with E-state index in [0.29, 0.717) is 12.1 Å². The Hall–Kier alpha value is -2.04. The molecule has 31 heavy (non-hydrogen) atoms. The number of benzene rings is 2. The Labute approximate surface area is 184 Å². The molecular weight excluding hydrogens is 487 g/mol. The summed E-state index contributed by atoms with van der Waals surface area (Å²) in [6, 6.07) is 4.78. The number of nitrogens with one attached hydrogen (secondary N) is 1. The molecule has 2 atom stereocenters. The third-order valence-electron chi connectivity index (χ3n) is 3.75. The summed E-state index contributed by atoms with van der Waals surface area (Å²) >= 11 is 11.8. The van der Waals surface area contributed by atoms with Gasteiger partial charge in [-0.2, -0.15) is 13.2 Å². The summed E-state index contributed by atoms with van der Waals surface area (Å²) in [6.07, 6.45) is -5.63. The van der Waals surface area contributed by atoms with Crippen LogP contribution in [0.2, 0.25) is 10.0 Å². The van der Waals surface area contributed by atoms with Crippen LogP contribution in [0, 0.1) is 10.1 Å². The summed E-state index contributed by atoms with van der Waals surface area (Å²) in [6.45, 7) is 2.66. The van der Waals surface area contributed by atoms with Crippen molar-refractivity contribution in [3.05, 3.63) is 56.1 Å². The maximum Gasteiger partial charge on any atom is 0.416 e. The Kier molecular flexibility index (Phi) is 7.83. The zero-order valence-corrected chi connectivity index (χ0v) is 18.6. The van der Waals surface area contributed by atoms with Crippen molar-refractivity contribution in [1.82, 2.24) is 0 Å². The Morgan fingerprint density at radius 3 is 2.26 bits per heavy atom. The minimum absolute atomic E-state index is 0.0183. The Morgan fingerprint density at radius 2 is 1.77 bits per heavy atom. The molecule has 0 heterocycles. The van der Waals surface area contributed by atoms with Gasteiger partial charge in [-0.15, -0.1) is 0 Å². The summed E-state index contributed by atoms with van der Waals surface area (Å²) in [5.41, 5.74) is -1.50. The molecule has 0 saturated carbocycles. The zero-order valence-electron chi connectivity index (χ0n) is 16.2. The van der Waals surface area contributed by atoms with Crippen molar-refractivity contribution >= 4 is 42.2 Å². The molecule has 0 radical (unpaired) electrons. The maximum atomic E-state index is 12.9. The van der Waals surface area contributed by atoms with Crippen molar-refractivity contribution in [3.8, 4) is 11.5 Å². The smallest absolute Gasteiger partial charge is 0.416 e. The highest BCUT2D eigenvalue weighted by molar-refractivity contribution is 7.52. The van der Waals surface area contributed by atoms with Gasteiger partial charge in [0.2, 0.25) is 0 Å². The first-order valence-electron chi connectivity index (χ1n) is 8.34. The fraction of sp³-hybridized carbons (Fsp3) is 0.294. The highest BCUT2D eigenvalue weighted by Gasteiger charge is 2.32. The fourth-order valence-corrected chi connectivity index (χ4v) is 3.65. The molecule has 1 N–H and O–H groups in total. The van der Waals surface area contributed by atoms with Gasteiger partial charge in [-0.1, -0.05) is 23.2 Å². The van der Waals surface area contributed by atoms with E-state index in [1.165, 1.54) is 32.8 Å². The lowest BCUT2D eigenvalue weighted by Crippen LogP contribution is -2.18. The van der Waals surface area contributed by atoms with Crippen LogP contribution in [0.1, 0.15) is 12.5 Å². The van der Waals surface area contributed by atoms with Crippen LogP contribution in [0.5, 0.6) is 11.5 Å². The Bertz CT molecular complexity index is 1010. The summed E-state index contributed by atoms with van der Waals surface area (Å²) in [4.78, 5) is 10.6. The molecule has 14 heteroatoms. The van der Waals surface area contributed by atoms with Gasteiger partial charge in [-0.3, -0.25) is 19.2 Å². The van der Waals surface area contributed by atoms with Crippen molar-refractivity contribution in [2.45, 2.75) is 19.3 Å². The molecule has 0 aliphatic heterocycles. The van der Waals surface area contributed by atoms with E-state index >= 15 is 0 Å². The average Bonchev–Trinajstić information content (AvgIpc) is 2.63. The predicted molar refractivity (Wildman–Crippen MR) is 109 cm³/mol. The van der Waals surface area contributed by atoms with Crippen LogP contribution < -0.4 is 10.1 Å². The van der Waals surface area contributed by atoms with Gasteiger partial charge in [0.15, 0.2) is 5.75 Å². The van der Waals surface area contributed by atoms with Crippen LogP contribution in [0.15, 0.2) is 30.3 Å². The van der Waals surface area contributed by atoms with E-state index in [0.717, 1.165) is 6.07 Å². The van der Waals surface area contributed by atoms with Crippen LogP contribution in [-0.4, -0.2) is 24.9 Å². The van der Waals surface area contributed by atoms with E-state index < -0.39 is 40.5 Å². The normalized spacial score (nSPS) is 14.6. The number of halogens is 5. The molecule has 0 saturated heterocycles. The first-order chi connectivity index (χ1) is 14.2. The molecule has 170 valence electrons. The Morgan fingerprint density at radius 1 is 1.19 bits per heavy atom. The van der Waals surface area contributed by atoms with Crippen LogP contribution >= 0.6 is 30.8 Å². The van der Waals surface area contributed by atoms with E-state index in [2.05, 4.69) is 5.32 Å². The molecule has 2 aromatic carbocycles. The number of alkyl halides is 3. The standard InChI is InChI=1S/C17H16Cl2F3N2O6P/c1-9(30-31(3,27)28-2)23-14-8-11(4-5-15(14)24(25)26)29-16-12(18)6-10(7-13(16)19)17(20,21)22/h4-9,23H,1-3H3. The SMILES string of the molecule is COP(C)(=O)OC(C)Nc1cc(Oc2c(Cl)cc(C(F)(F)F)cc2Cl)ccc1[N+](=O)[O-]. The second kappa shape index (κ2) is 9.62. The molecule has 2 unspecified atom stereocenters. The number of hydrogen-bond donors (Lipinski definition) is 1. The van der Waals surface area contributed by atoms with Crippen LogP contribution in [-0.2, 0) is 19.8 Å². The Balaban J connectivity index is 2.36. The highest BCUT2D eigenvalue weighted by atomic mass is 35.5. The molecule has 0 spiro atoms. The quantitative estimate of drug-likeness (QED) is 0.180. The molecule has 0 aliphatic rings. The van der Waals surface area contributed by atoms with Crippen LogP contribution in [0.25, 0.3) is 0 Å². The lowest BCUT2D eigenvalue weighted by molar-refractivity contribution is -0.384. The summed E-state index contributed by atoms with van der Waals surface area (Å²) in [5.74, 6) is -0.284. The average molecular weight is 503 g/mol. The van der Waals surface area contributed by atoms with Crippen LogP contribution in [0.3, 0.4) is 0 Å². The van der Waals surface area contributed by atoms with Gasteiger partial charge in [0.05, 0.1) is 20.5 Å². The molecule has 0 aromatic heterocycles. The van der Waals surface area contributed by atoms with Crippen molar-refractivity contribution in [3.63, 3.8) is 0 Å². The van der Waals surface area contributed by atoms with Gasteiger partial charge >= 0.3 is 13.8 Å². The van der Waals surface area contributed by atoms with Gasteiger partial charge in [0.25, 0.3) is 5.69 Å². The van der Waals surface area contributed by atoms with E-state index in [1.54, 1.807) is 0 Å². The predicted octanol–water partition coefficient (Wildman–Crippen LogP) is 6.96. The van der Waals surface area contributed by atoms with Crippen molar-refractivity contribution < 1.29 is 36.4 Å². The zero-order chi connectivity index (χ0) is 23.6. The number of anilines is 1. The van der Waals surface area contributed by atoms with Gasteiger partial charge in [0.1, 0.15) is 17.7 Å². The number of nitro groups is 1. The van der Waals surface area contributed by atoms with E-state index in [1.807, 2.05) is 0 Å². The third-order valence-corrected chi connectivity index (χ3v) is 5.67. The molecule has 2 aromatic rings. The van der Waals surface area contributed by atoms with Crippen molar-refractivity contribution in [2.24, 2.45) is 0 Å². The maximum absolute atomic E-state index is 12.9. The minimum Gasteiger partial charge on any atom is -0.454 e. The van der Waals surface area contributed by atoms with Gasteiger partial charge in [0, 0.05) is 25.9 Å². The molecule has 0 amide bonds. The third kappa shape index (κ3) is 6.72. The van der Waals surface area contributed by atoms with Gasteiger partial charge < -0.3 is 14.6 Å². The van der Waals surface area contributed by atoms with Crippen LogP contribution in [0.4, 0.5) is 24.5 Å².